The van der Waals surface area contributed by atoms with Crippen molar-refractivity contribution in [1.29, 1.82) is 0 Å². The molecule has 0 N–H and O–H groups in total. The molecule has 1 rings (SSSR count). The Morgan fingerprint density at radius 2 is 2.07 bits per heavy atom. The molecule has 0 unspecified atom stereocenters. The van der Waals surface area contributed by atoms with Crippen LogP contribution < -0.4 is 0 Å². The zero-order valence-electron chi connectivity index (χ0n) is 8.17. The van der Waals surface area contributed by atoms with Crippen LogP contribution in [0.5, 0.6) is 0 Å². The minimum Gasteiger partial charge on any atom is -0.468 e. The minimum absolute atomic E-state index is 0.0711. The molecule has 0 aromatic heterocycles. The lowest BCUT2D eigenvalue weighted by Crippen LogP contribution is -2.29. The van der Waals surface area contributed by atoms with E-state index in [0.717, 1.165) is 7.11 Å². The Labute approximate surface area is 88.4 Å². The Morgan fingerprint density at radius 1 is 1.47 bits per heavy atom. The summed E-state index contributed by atoms with van der Waals surface area (Å²) in [5, 5.41) is -0.957. The van der Waals surface area contributed by atoms with Gasteiger partial charge in [0.05, 0.1) is 23.9 Å². The maximum Gasteiger partial charge on any atom is 0.320 e. The average molecular weight is 256 g/mol. The van der Waals surface area contributed by atoms with Gasteiger partial charge in [-0.2, -0.15) is 0 Å². The van der Waals surface area contributed by atoms with Gasteiger partial charge in [-0.25, -0.2) is 16.8 Å². The van der Waals surface area contributed by atoms with Gasteiger partial charge in [0.1, 0.15) is 5.75 Å². The van der Waals surface area contributed by atoms with Crippen LogP contribution in [0.4, 0.5) is 0 Å². The number of esters is 1. The van der Waals surface area contributed by atoms with E-state index in [1.54, 1.807) is 0 Å². The zero-order chi connectivity index (χ0) is 11.7. The monoisotopic (exact) mass is 256 g/mol. The second-order valence-electron chi connectivity index (χ2n) is 3.41. The Balaban J connectivity index is 2.77. The third kappa shape index (κ3) is 3.16. The van der Waals surface area contributed by atoms with E-state index in [-0.39, 0.29) is 17.9 Å². The molecule has 15 heavy (non-hydrogen) atoms. The van der Waals surface area contributed by atoms with E-state index in [1.165, 1.54) is 0 Å². The van der Waals surface area contributed by atoms with Gasteiger partial charge < -0.3 is 4.74 Å². The van der Waals surface area contributed by atoms with E-state index in [4.69, 9.17) is 0 Å². The van der Waals surface area contributed by atoms with Crippen LogP contribution >= 0.6 is 0 Å². The van der Waals surface area contributed by atoms with Crippen molar-refractivity contribution in [3.8, 4) is 0 Å². The maximum absolute atomic E-state index is 11.5. The molecule has 0 amide bonds. The molecule has 1 heterocycles. The topological polar surface area (TPSA) is 94.6 Å². The smallest absolute Gasteiger partial charge is 0.320 e. The number of rotatable bonds is 3. The molecule has 1 atom stereocenters. The summed E-state index contributed by atoms with van der Waals surface area (Å²) in [4.78, 5) is 10.8. The highest BCUT2D eigenvalue weighted by Gasteiger charge is 2.38. The second kappa shape index (κ2) is 4.09. The third-order valence-electron chi connectivity index (χ3n) is 2.25. The van der Waals surface area contributed by atoms with Crippen LogP contribution in [-0.4, -0.2) is 52.4 Å². The molecule has 0 bridgehead atoms. The third-order valence-corrected chi connectivity index (χ3v) is 6.28. The molecule has 1 saturated heterocycles. The number of hydrogen-bond donors (Lipinski definition) is 0. The van der Waals surface area contributed by atoms with Crippen molar-refractivity contribution in [3.05, 3.63) is 0 Å². The van der Waals surface area contributed by atoms with E-state index in [9.17, 15) is 21.6 Å². The lowest BCUT2D eigenvalue weighted by molar-refractivity contribution is -0.137. The molecule has 1 aliphatic heterocycles. The first-order valence-corrected chi connectivity index (χ1v) is 7.79. The molecule has 0 aliphatic carbocycles. The molecule has 1 fully saturated rings. The molecule has 1 aliphatic rings. The molecular formula is C7H12O6S2. The lowest BCUT2D eigenvalue weighted by Gasteiger charge is -2.07. The van der Waals surface area contributed by atoms with E-state index < -0.39 is 36.6 Å². The molecule has 8 heteroatoms. The summed E-state index contributed by atoms with van der Waals surface area (Å²) in [6.45, 7) is 0. The first-order valence-electron chi connectivity index (χ1n) is 4.25. The van der Waals surface area contributed by atoms with Crippen molar-refractivity contribution in [2.75, 3.05) is 24.4 Å². The number of carbonyl (C=O) groups excluding carboxylic acids is 1. The molecule has 0 saturated carbocycles. The van der Waals surface area contributed by atoms with Crippen LogP contribution in [0.1, 0.15) is 6.42 Å². The summed E-state index contributed by atoms with van der Waals surface area (Å²) in [6.07, 6.45) is 0.0711. The molecular weight excluding hydrogens is 244 g/mol. The predicted molar refractivity (Wildman–Crippen MR) is 52.9 cm³/mol. The van der Waals surface area contributed by atoms with E-state index in [2.05, 4.69) is 4.74 Å². The van der Waals surface area contributed by atoms with Crippen LogP contribution in [0.3, 0.4) is 0 Å². The molecule has 0 radical (unpaired) electrons. The highest BCUT2D eigenvalue weighted by molar-refractivity contribution is 7.96. The summed E-state index contributed by atoms with van der Waals surface area (Å²) >= 11 is 0. The quantitative estimate of drug-likeness (QED) is 0.586. The summed E-state index contributed by atoms with van der Waals surface area (Å²) in [6, 6.07) is 0. The Morgan fingerprint density at radius 3 is 2.47 bits per heavy atom. The van der Waals surface area contributed by atoms with E-state index >= 15 is 0 Å². The second-order valence-corrected chi connectivity index (χ2v) is 7.92. The van der Waals surface area contributed by atoms with Gasteiger partial charge in [0, 0.05) is 0 Å². The standard InChI is InChI=1S/C7H12O6S2/c1-13-7(8)5-15(11,12)6-2-3-14(9,10)4-6/h6H,2-5H2,1H3/t6-/m1/s1. The van der Waals surface area contributed by atoms with Gasteiger partial charge in [0.25, 0.3) is 0 Å². The van der Waals surface area contributed by atoms with Gasteiger partial charge in [0.15, 0.2) is 19.7 Å². The maximum atomic E-state index is 11.5. The summed E-state index contributed by atoms with van der Waals surface area (Å²) in [5.41, 5.74) is 0. The number of sulfone groups is 2. The first kappa shape index (κ1) is 12.4. The molecule has 88 valence electrons. The Hall–Kier alpha value is -0.630. The summed E-state index contributed by atoms with van der Waals surface area (Å²) < 4.78 is 49.4. The minimum atomic E-state index is -3.70. The van der Waals surface area contributed by atoms with Crippen molar-refractivity contribution in [3.63, 3.8) is 0 Å². The molecule has 0 aromatic carbocycles. The van der Waals surface area contributed by atoms with Crippen molar-refractivity contribution >= 4 is 25.6 Å². The number of methoxy groups -OCH3 is 1. The fraction of sp³-hybridized carbons (Fsp3) is 0.857. The average Bonchev–Trinajstić information content (AvgIpc) is 2.45. The first-order chi connectivity index (χ1) is 6.77. The van der Waals surface area contributed by atoms with E-state index in [0.29, 0.717) is 0 Å². The Kier molecular flexibility index (Phi) is 3.39. The van der Waals surface area contributed by atoms with Crippen molar-refractivity contribution < 1.29 is 26.4 Å². The van der Waals surface area contributed by atoms with Gasteiger partial charge in [-0.05, 0) is 6.42 Å². The van der Waals surface area contributed by atoms with Gasteiger partial charge in [0.2, 0.25) is 0 Å². The highest BCUT2D eigenvalue weighted by Crippen LogP contribution is 2.19. The van der Waals surface area contributed by atoms with Crippen LogP contribution in [0.2, 0.25) is 0 Å². The highest BCUT2D eigenvalue weighted by atomic mass is 32.2. The number of carbonyl (C=O) groups is 1. The fourth-order valence-electron chi connectivity index (χ4n) is 1.39. The fourth-order valence-corrected chi connectivity index (χ4v) is 5.69. The van der Waals surface area contributed by atoms with Crippen LogP contribution in [0.15, 0.2) is 0 Å². The van der Waals surface area contributed by atoms with Crippen LogP contribution in [0.25, 0.3) is 0 Å². The number of ether oxygens (including phenoxy) is 1. The molecule has 0 spiro atoms. The van der Waals surface area contributed by atoms with Crippen molar-refractivity contribution in [2.24, 2.45) is 0 Å². The summed E-state index contributed by atoms with van der Waals surface area (Å²) in [5.74, 6) is -2.12. The molecule has 6 nitrogen and oxygen atoms in total. The van der Waals surface area contributed by atoms with Crippen LogP contribution in [-0.2, 0) is 29.2 Å². The van der Waals surface area contributed by atoms with Gasteiger partial charge in [-0.3, -0.25) is 4.79 Å². The predicted octanol–water partition coefficient (Wildman–Crippen LogP) is -1.24. The van der Waals surface area contributed by atoms with Gasteiger partial charge in [-0.15, -0.1) is 0 Å². The largest absolute Gasteiger partial charge is 0.468 e. The van der Waals surface area contributed by atoms with E-state index in [1.807, 2.05) is 0 Å². The normalized spacial score (nSPS) is 25.0. The SMILES string of the molecule is COC(=O)CS(=O)(=O)[C@@H]1CCS(=O)(=O)C1. The lowest BCUT2D eigenvalue weighted by atomic mass is 10.4. The Bertz CT molecular complexity index is 446. The molecule has 0 aromatic rings. The van der Waals surface area contributed by atoms with Crippen molar-refractivity contribution in [1.82, 2.24) is 0 Å². The van der Waals surface area contributed by atoms with Crippen molar-refractivity contribution in [2.45, 2.75) is 11.7 Å². The van der Waals surface area contributed by atoms with Gasteiger partial charge in [-0.1, -0.05) is 0 Å². The number of hydrogen-bond acceptors (Lipinski definition) is 6. The van der Waals surface area contributed by atoms with Crippen LogP contribution in [0, 0.1) is 0 Å². The van der Waals surface area contributed by atoms with Gasteiger partial charge >= 0.3 is 5.97 Å². The summed E-state index contributed by atoms with van der Waals surface area (Å²) in [7, 11) is -5.86. The zero-order valence-corrected chi connectivity index (χ0v) is 9.80.